The largest absolute Gasteiger partial charge is 0.381 e. The van der Waals surface area contributed by atoms with Gasteiger partial charge in [0.2, 0.25) is 0 Å². The molecule has 6 heteroatoms. The van der Waals surface area contributed by atoms with Crippen LogP contribution in [0, 0.1) is 12.7 Å². The lowest BCUT2D eigenvalue weighted by atomic mass is 9.94. The molecule has 5 nitrogen and oxygen atoms in total. The molecule has 0 radical (unpaired) electrons. The van der Waals surface area contributed by atoms with Gasteiger partial charge in [-0.1, -0.05) is 12.1 Å². The molecule has 1 unspecified atom stereocenters. The van der Waals surface area contributed by atoms with Crippen LogP contribution in [0.5, 0.6) is 0 Å². The lowest BCUT2D eigenvalue weighted by Gasteiger charge is -2.34. The maximum Gasteiger partial charge on any atom is 0.191 e. The first-order valence-corrected chi connectivity index (χ1v) is 8.93. The molecule has 140 valence electrons. The van der Waals surface area contributed by atoms with E-state index in [1.54, 1.807) is 26.2 Å². The van der Waals surface area contributed by atoms with Crippen LogP contribution in [0.15, 0.2) is 23.2 Å². The van der Waals surface area contributed by atoms with Crippen molar-refractivity contribution in [2.24, 2.45) is 4.99 Å². The first-order valence-electron chi connectivity index (χ1n) is 8.93. The molecule has 0 amide bonds. The van der Waals surface area contributed by atoms with Crippen molar-refractivity contribution >= 4 is 5.96 Å². The zero-order chi connectivity index (χ0) is 18.3. The molecular weight excluding hydrogens is 321 g/mol. The lowest BCUT2D eigenvalue weighted by Crippen LogP contribution is -2.44. The van der Waals surface area contributed by atoms with Gasteiger partial charge in [0.15, 0.2) is 5.96 Å². The fourth-order valence-corrected chi connectivity index (χ4v) is 2.88. The molecule has 1 aliphatic rings. The molecule has 0 saturated carbocycles. The number of guanidine groups is 1. The SMILES string of the molecule is CCNC(=NCC1(OC)CCOCC1)NC(C)c1ccc(C)c(F)c1. The van der Waals surface area contributed by atoms with E-state index in [0.717, 1.165) is 24.9 Å². The third-order valence-electron chi connectivity index (χ3n) is 4.76. The molecule has 1 heterocycles. The molecule has 1 fully saturated rings. The number of methoxy groups -OCH3 is 1. The second-order valence-corrected chi connectivity index (χ2v) is 6.57. The fourth-order valence-electron chi connectivity index (χ4n) is 2.88. The predicted octanol–water partition coefficient (Wildman–Crippen LogP) is 2.95. The topological polar surface area (TPSA) is 54.9 Å². The number of hydrogen-bond donors (Lipinski definition) is 2. The molecule has 2 rings (SSSR count). The molecule has 1 saturated heterocycles. The van der Waals surface area contributed by atoms with Gasteiger partial charge in [0.05, 0.1) is 18.2 Å². The van der Waals surface area contributed by atoms with Crippen molar-refractivity contribution in [3.05, 3.63) is 35.1 Å². The molecule has 0 aliphatic carbocycles. The Labute approximate surface area is 150 Å². The van der Waals surface area contributed by atoms with E-state index in [1.807, 2.05) is 19.9 Å². The highest BCUT2D eigenvalue weighted by Gasteiger charge is 2.32. The summed E-state index contributed by atoms with van der Waals surface area (Å²) in [6.07, 6.45) is 1.68. The molecule has 0 aromatic heterocycles. The van der Waals surface area contributed by atoms with Crippen LogP contribution in [0.2, 0.25) is 0 Å². The van der Waals surface area contributed by atoms with Crippen LogP contribution in [-0.4, -0.2) is 45.0 Å². The van der Waals surface area contributed by atoms with Gasteiger partial charge < -0.3 is 20.1 Å². The van der Waals surface area contributed by atoms with E-state index in [0.29, 0.717) is 31.3 Å². The Morgan fingerprint density at radius 2 is 2.12 bits per heavy atom. The monoisotopic (exact) mass is 351 g/mol. The van der Waals surface area contributed by atoms with Gasteiger partial charge in [0.25, 0.3) is 0 Å². The lowest BCUT2D eigenvalue weighted by molar-refractivity contribution is -0.0828. The number of rotatable bonds is 6. The minimum absolute atomic E-state index is 0.0546. The summed E-state index contributed by atoms with van der Waals surface area (Å²) in [4.78, 5) is 4.71. The average Bonchev–Trinajstić information content (AvgIpc) is 2.63. The van der Waals surface area contributed by atoms with Gasteiger partial charge in [-0.25, -0.2) is 4.39 Å². The first kappa shape index (κ1) is 19.7. The quantitative estimate of drug-likeness (QED) is 0.611. The summed E-state index contributed by atoms with van der Waals surface area (Å²) in [5.41, 5.74) is 1.28. The van der Waals surface area contributed by atoms with Crippen LogP contribution < -0.4 is 10.6 Å². The van der Waals surface area contributed by atoms with Crippen LogP contribution in [0.25, 0.3) is 0 Å². The number of hydrogen-bond acceptors (Lipinski definition) is 3. The third-order valence-corrected chi connectivity index (χ3v) is 4.76. The summed E-state index contributed by atoms with van der Waals surface area (Å²) in [6.45, 7) is 8.51. The predicted molar refractivity (Wildman–Crippen MR) is 98.5 cm³/mol. The van der Waals surface area contributed by atoms with Crippen molar-refractivity contribution < 1.29 is 13.9 Å². The number of nitrogens with one attached hydrogen (secondary N) is 2. The van der Waals surface area contributed by atoms with E-state index in [9.17, 15) is 4.39 Å². The number of ether oxygens (including phenoxy) is 2. The maximum atomic E-state index is 13.8. The number of aliphatic imine (C=N–C) groups is 1. The van der Waals surface area contributed by atoms with Crippen molar-refractivity contribution in [3.8, 4) is 0 Å². The van der Waals surface area contributed by atoms with Gasteiger partial charge in [-0.3, -0.25) is 4.99 Å². The highest BCUT2D eigenvalue weighted by molar-refractivity contribution is 5.80. The number of benzene rings is 1. The van der Waals surface area contributed by atoms with Crippen LogP contribution in [0.1, 0.15) is 43.9 Å². The number of halogens is 1. The summed E-state index contributed by atoms with van der Waals surface area (Å²) >= 11 is 0. The molecule has 0 spiro atoms. The van der Waals surface area contributed by atoms with E-state index >= 15 is 0 Å². The summed E-state index contributed by atoms with van der Waals surface area (Å²) in [5, 5.41) is 6.60. The Morgan fingerprint density at radius 3 is 2.72 bits per heavy atom. The molecule has 1 aromatic rings. The summed E-state index contributed by atoms with van der Waals surface area (Å²) in [6, 6.07) is 5.26. The van der Waals surface area contributed by atoms with Crippen LogP contribution >= 0.6 is 0 Å². The van der Waals surface area contributed by atoms with Crippen molar-refractivity contribution in [2.45, 2.75) is 45.3 Å². The van der Waals surface area contributed by atoms with Crippen LogP contribution in [0.3, 0.4) is 0 Å². The van der Waals surface area contributed by atoms with E-state index < -0.39 is 0 Å². The zero-order valence-electron chi connectivity index (χ0n) is 15.7. The molecule has 1 aliphatic heterocycles. The van der Waals surface area contributed by atoms with Crippen molar-refractivity contribution in [3.63, 3.8) is 0 Å². The molecule has 0 bridgehead atoms. The van der Waals surface area contributed by atoms with Gasteiger partial charge in [0.1, 0.15) is 5.82 Å². The Kier molecular flexibility index (Phi) is 7.20. The first-order chi connectivity index (χ1) is 12.0. The minimum Gasteiger partial charge on any atom is -0.381 e. The van der Waals surface area contributed by atoms with Crippen molar-refractivity contribution in [1.82, 2.24) is 10.6 Å². The Hall–Kier alpha value is -1.66. The van der Waals surface area contributed by atoms with E-state index in [1.165, 1.54) is 0 Å². The van der Waals surface area contributed by atoms with Gasteiger partial charge in [-0.15, -0.1) is 0 Å². The molecule has 1 aromatic carbocycles. The minimum atomic E-state index is -0.264. The van der Waals surface area contributed by atoms with E-state index in [4.69, 9.17) is 14.5 Å². The molecule has 2 N–H and O–H groups in total. The van der Waals surface area contributed by atoms with Crippen LogP contribution in [0.4, 0.5) is 4.39 Å². The molecule has 25 heavy (non-hydrogen) atoms. The number of nitrogens with zero attached hydrogens (tertiary/aromatic N) is 1. The van der Waals surface area contributed by atoms with Gasteiger partial charge in [-0.2, -0.15) is 0 Å². The van der Waals surface area contributed by atoms with Crippen molar-refractivity contribution in [1.29, 1.82) is 0 Å². The van der Waals surface area contributed by atoms with Crippen molar-refractivity contribution in [2.75, 3.05) is 33.4 Å². The molecular formula is C19H30FN3O2. The third kappa shape index (κ3) is 5.41. The van der Waals surface area contributed by atoms with Gasteiger partial charge in [-0.05, 0) is 38.0 Å². The van der Waals surface area contributed by atoms with Gasteiger partial charge in [0, 0.05) is 39.7 Å². The standard InChI is InChI=1S/C19H30FN3O2/c1-5-21-18(22-13-19(24-4)8-10-25-11-9-19)23-15(3)16-7-6-14(2)17(20)12-16/h6-7,12,15H,5,8-11,13H2,1-4H3,(H2,21,22,23). The second kappa shape index (κ2) is 9.15. The van der Waals surface area contributed by atoms with Gasteiger partial charge >= 0.3 is 0 Å². The second-order valence-electron chi connectivity index (χ2n) is 6.57. The highest BCUT2D eigenvalue weighted by Crippen LogP contribution is 2.24. The fraction of sp³-hybridized carbons (Fsp3) is 0.632. The van der Waals surface area contributed by atoms with Crippen LogP contribution in [-0.2, 0) is 9.47 Å². The van der Waals surface area contributed by atoms with E-state index in [-0.39, 0.29) is 17.5 Å². The summed E-state index contributed by atoms with van der Waals surface area (Å²) in [7, 11) is 1.74. The average molecular weight is 351 g/mol. The smallest absolute Gasteiger partial charge is 0.191 e. The maximum absolute atomic E-state index is 13.8. The Morgan fingerprint density at radius 1 is 1.40 bits per heavy atom. The normalized spacial score (nSPS) is 18.7. The Balaban J connectivity index is 2.06. The number of aryl methyl sites for hydroxylation is 1. The molecule has 1 atom stereocenters. The summed E-state index contributed by atoms with van der Waals surface area (Å²) < 4.78 is 25.0. The van der Waals surface area contributed by atoms with E-state index in [2.05, 4.69) is 10.6 Å². The zero-order valence-corrected chi connectivity index (χ0v) is 15.7. The Bertz CT molecular complexity index is 586. The summed E-state index contributed by atoms with van der Waals surface area (Å²) in [5.74, 6) is 0.521. The highest BCUT2D eigenvalue weighted by atomic mass is 19.1.